The predicted octanol–water partition coefficient (Wildman–Crippen LogP) is 1.74. The molecule has 0 amide bonds. The summed E-state index contributed by atoms with van der Waals surface area (Å²) in [7, 11) is 0. The van der Waals surface area contributed by atoms with Gasteiger partial charge in [0.2, 0.25) is 0 Å². The maximum atomic E-state index is 12.1. The van der Waals surface area contributed by atoms with Gasteiger partial charge in [0.25, 0.3) is 0 Å². The number of alkyl halides is 3. The number of hydrogen-bond acceptors (Lipinski definition) is 4. The topological polar surface area (TPSA) is 64.5 Å². The van der Waals surface area contributed by atoms with E-state index in [9.17, 15) is 13.2 Å². The van der Waals surface area contributed by atoms with Gasteiger partial charge in [0.1, 0.15) is 5.70 Å². The fraction of sp³-hybridized carbons (Fsp3) is 0.333. The molecule has 4 N–H and O–H groups in total. The first-order valence-corrected chi connectivity index (χ1v) is 5.57. The summed E-state index contributed by atoms with van der Waals surface area (Å²) in [5.41, 5.74) is 4.57. The van der Waals surface area contributed by atoms with Crippen molar-refractivity contribution < 1.29 is 17.9 Å². The van der Waals surface area contributed by atoms with Gasteiger partial charge in [-0.2, -0.15) is 13.2 Å². The standard InChI is InChI=1S/C12H16F3N3O/c13-12(14,15)11(16)8-18(17)6-7-19-9-10-4-2-1-3-5-10/h1-5,8H,6-7,9,16-17H2/b11-8-. The molecule has 7 heteroatoms. The van der Waals surface area contributed by atoms with Crippen LogP contribution < -0.4 is 11.6 Å². The average molecular weight is 275 g/mol. The Morgan fingerprint density at radius 2 is 1.89 bits per heavy atom. The summed E-state index contributed by atoms with van der Waals surface area (Å²) in [6, 6.07) is 9.42. The Morgan fingerprint density at radius 3 is 2.47 bits per heavy atom. The zero-order valence-electron chi connectivity index (χ0n) is 10.2. The van der Waals surface area contributed by atoms with Crippen LogP contribution in [0, 0.1) is 0 Å². The average Bonchev–Trinajstić information content (AvgIpc) is 2.35. The van der Waals surface area contributed by atoms with Crippen molar-refractivity contribution in [3.05, 3.63) is 47.8 Å². The highest BCUT2D eigenvalue weighted by molar-refractivity contribution is 5.13. The first-order valence-electron chi connectivity index (χ1n) is 5.57. The maximum Gasteiger partial charge on any atom is 0.432 e. The van der Waals surface area contributed by atoms with Gasteiger partial charge in [-0.05, 0) is 5.56 Å². The number of ether oxygens (including phenoxy) is 1. The second kappa shape index (κ2) is 7.01. The van der Waals surface area contributed by atoms with Crippen molar-refractivity contribution in [3.63, 3.8) is 0 Å². The Balaban J connectivity index is 2.26. The van der Waals surface area contributed by atoms with Crippen molar-refractivity contribution in [2.45, 2.75) is 12.8 Å². The lowest BCUT2D eigenvalue weighted by Crippen LogP contribution is -2.32. The van der Waals surface area contributed by atoms with E-state index in [2.05, 4.69) is 0 Å². The Labute approximate surface area is 109 Å². The number of halogens is 3. The normalized spacial score (nSPS) is 12.5. The second-order valence-corrected chi connectivity index (χ2v) is 3.86. The predicted molar refractivity (Wildman–Crippen MR) is 65.3 cm³/mol. The molecule has 0 aliphatic rings. The van der Waals surface area contributed by atoms with E-state index >= 15 is 0 Å². The van der Waals surface area contributed by atoms with Crippen LogP contribution in [-0.2, 0) is 11.3 Å². The quantitative estimate of drug-likeness (QED) is 0.471. The molecular formula is C12H16F3N3O. The van der Waals surface area contributed by atoms with Gasteiger partial charge in [0.05, 0.1) is 19.8 Å². The van der Waals surface area contributed by atoms with Gasteiger partial charge in [-0.25, -0.2) is 5.84 Å². The molecule has 0 saturated carbocycles. The zero-order chi connectivity index (χ0) is 14.3. The van der Waals surface area contributed by atoms with Gasteiger partial charge < -0.3 is 15.5 Å². The van der Waals surface area contributed by atoms with E-state index in [4.69, 9.17) is 16.3 Å². The molecule has 0 aliphatic carbocycles. The molecule has 1 aromatic carbocycles. The molecular weight excluding hydrogens is 259 g/mol. The second-order valence-electron chi connectivity index (χ2n) is 3.86. The molecule has 0 fully saturated rings. The molecule has 0 unspecified atom stereocenters. The molecule has 106 valence electrons. The van der Waals surface area contributed by atoms with Crippen LogP contribution >= 0.6 is 0 Å². The zero-order valence-corrected chi connectivity index (χ0v) is 10.2. The number of allylic oxidation sites excluding steroid dienone is 1. The minimum Gasteiger partial charge on any atom is -0.393 e. The fourth-order valence-electron chi connectivity index (χ4n) is 1.25. The Hall–Kier alpha value is -1.73. The Morgan fingerprint density at radius 1 is 1.26 bits per heavy atom. The lowest BCUT2D eigenvalue weighted by atomic mass is 10.2. The van der Waals surface area contributed by atoms with Gasteiger partial charge in [-0.3, -0.25) is 0 Å². The SMILES string of the molecule is N/C(=C\N(N)CCOCc1ccccc1)C(F)(F)F. The summed E-state index contributed by atoms with van der Waals surface area (Å²) in [5.74, 6) is 5.35. The van der Waals surface area contributed by atoms with Crippen LogP contribution in [0.2, 0.25) is 0 Å². The van der Waals surface area contributed by atoms with E-state index in [1.807, 2.05) is 30.3 Å². The summed E-state index contributed by atoms with van der Waals surface area (Å²) in [6.45, 7) is 0.698. The van der Waals surface area contributed by atoms with Crippen LogP contribution in [0.3, 0.4) is 0 Å². The van der Waals surface area contributed by atoms with Crippen LogP contribution in [0.1, 0.15) is 5.56 Å². The molecule has 19 heavy (non-hydrogen) atoms. The van der Waals surface area contributed by atoms with Crippen molar-refractivity contribution in [1.29, 1.82) is 0 Å². The van der Waals surface area contributed by atoms with Crippen molar-refractivity contribution >= 4 is 0 Å². The molecule has 0 saturated heterocycles. The molecule has 0 atom stereocenters. The summed E-state index contributed by atoms with van der Waals surface area (Å²) in [5, 5.41) is 0.855. The molecule has 0 aromatic heterocycles. The lowest BCUT2D eigenvalue weighted by molar-refractivity contribution is -0.0939. The van der Waals surface area contributed by atoms with Gasteiger partial charge in [0.15, 0.2) is 0 Å². The van der Waals surface area contributed by atoms with E-state index < -0.39 is 11.9 Å². The number of hydrogen-bond donors (Lipinski definition) is 2. The first kappa shape index (κ1) is 15.3. The summed E-state index contributed by atoms with van der Waals surface area (Å²) in [4.78, 5) is 0. The Kier molecular flexibility index (Phi) is 5.65. The molecule has 0 heterocycles. The third-order valence-electron chi connectivity index (χ3n) is 2.24. The first-order chi connectivity index (χ1) is 8.89. The van der Waals surface area contributed by atoms with Gasteiger partial charge in [-0.1, -0.05) is 30.3 Å². The van der Waals surface area contributed by atoms with Crippen molar-refractivity contribution in [2.24, 2.45) is 11.6 Å². The van der Waals surface area contributed by atoms with E-state index in [1.165, 1.54) is 0 Å². The molecule has 4 nitrogen and oxygen atoms in total. The number of hydrazine groups is 1. The lowest BCUT2D eigenvalue weighted by Gasteiger charge is -2.16. The molecule has 0 bridgehead atoms. The number of benzene rings is 1. The highest BCUT2D eigenvalue weighted by atomic mass is 19.4. The third kappa shape index (κ3) is 6.12. The van der Waals surface area contributed by atoms with E-state index in [0.717, 1.165) is 10.6 Å². The van der Waals surface area contributed by atoms with Gasteiger partial charge in [0, 0.05) is 6.20 Å². The maximum absolute atomic E-state index is 12.1. The monoisotopic (exact) mass is 275 g/mol. The third-order valence-corrected chi connectivity index (χ3v) is 2.24. The molecule has 1 rings (SSSR count). The number of nitrogens with zero attached hydrogens (tertiary/aromatic N) is 1. The largest absolute Gasteiger partial charge is 0.432 e. The minimum atomic E-state index is -4.57. The van der Waals surface area contributed by atoms with Crippen LogP contribution in [0.5, 0.6) is 0 Å². The van der Waals surface area contributed by atoms with Crippen LogP contribution in [0.15, 0.2) is 42.2 Å². The highest BCUT2D eigenvalue weighted by Crippen LogP contribution is 2.21. The van der Waals surface area contributed by atoms with Crippen LogP contribution in [0.4, 0.5) is 13.2 Å². The van der Waals surface area contributed by atoms with Crippen molar-refractivity contribution in [3.8, 4) is 0 Å². The summed E-state index contributed by atoms with van der Waals surface area (Å²) in [6.07, 6.45) is -3.92. The fourth-order valence-corrected chi connectivity index (χ4v) is 1.25. The molecule has 0 aliphatic heterocycles. The van der Waals surface area contributed by atoms with Crippen molar-refractivity contribution in [1.82, 2.24) is 5.01 Å². The van der Waals surface area contributed by atoms with Crippen molar-refractivity contribution in [2.75, 3.05) is 13.2 Å². The smallest absolute Gasteiger partial charge is 0.393 e. The van der Waals surface area contributed by atoms with E-state index in [-0.39, 0.29) is 13.2 Å². The Bertz CT molecular complexity index is 406. The number of rotatable bonds is 6. The van der Waals surface area contributed by atoms with Gasteiger partial charge in [-0.15, -0.1) is 0 Å². The molecule has 1 aromatic rings. The van der Waals surface area contributed by atoms with E-state index in [1.54, 1.807) is 0 Å². The summed E-state index contributed by atoms with van der Waals surface area (Å²) < 4.78 is 41.6. The molecule has 0 radical (unpaired) electrons. The molecule has 0 spiro atoms. The van der Waals surface area contributed by atoms with Gasteiger partial charge >= 0.3 is 6.18 Å². The highest BCUT2D eigenvalue weighted by Gasteiger charge is 2.31. The summed E-state index contributed by atoms with van der Waals surface area (Å²) >= 11 is 0. The van der Waals surface area contributed by atoms with Crippen LogP contribution in [-0.4, -0.2) is 24.3 Å². The van der Waals surface area contributed by atoms with E-state index in [0.29, 0.717) is 12.8 Å². The number of nitrogens with two attached hydrogens (primary N) is 2. The van der Waals surface area contributed by atoms with Crippen LogP contribution in [0.25, 0.3) is 0 Å². The minimum absolute atomic E-state index is 0.115.